The van der Waals surface area contributed by atoms with E-state index in [-0.39, 0.29) is 0 Å². The monoisotopic (exact) mass is 290 g/mol. The lowest BCUT2D eigenvalue weighted by Gasteiger charge is -2.45. The summed E-state index contributed by atoms with van der Waals surface area (Å²) in [5.74, 6) is 0.611. The number of fused-ring (bicyclic) bond motifs is 1. The number of methoxy groups -OCH3 is 1. The molecule has 3 unspecified atom stereocenters. The summed E-state index contributed by atoms with van der Waals surface area (Å²) in [6.07, 6.45) is 1.20. The van der Waals surface area contributed by atoms with Crippen LogP contribution >= 0.6 is 0 Å². The number of hydrogen-bond donors (Lipinski definition) is 1. The molecule has 3 heteroatoms. The minimum atomic E-state index is 0.400. The second kappa shape index (κ2) is 7.39. The van der Waals surface area contributed by atoms with Gasteiger partial charge in [0.05, 0.1) is 6.61 Å². The SMILES string of the molecule is CNC1c2ccccc2C(C)CC1N(CCOC)C(C)C. The highest BCUT2D eigenvalue weighted by molar-refractivity contribution is 5.36. The van der Waals surface area contributed by atoms with E-state index in [1.165, 1.54) is 17.5 Å². The summed E-state index contributed by atoms with van der Waals surface area (Å²) in [7, 11) is 3.87. The summed E-state index contributed by atoms with van der Waals surface area (Å²) >= 11 is 0. The highest BCUT2D eigenvalue weighted by Gasteiger charge is 2.36. The Labute approximate surface area is 129 Å². The molecule has 1 aliphatic carbocycles. The lowest BCUT2D eigenvalue weighted by Crippen LogP contribution is -2.50. The average Bonchev–Trinajstić information content (AvgIpc) is 2.48. The Kier molecular flexibility index (Phi) is 5.80. The third-order valence-corrected chi connectivity index (χ3v) is 4.80. The van der Waals surface area contributed by atoms with Crippen LogP contribution in [0.3, 0.4) is 0 Å². The summed E-state index contributed by atoms with van der Waals surface area (Å²) in [5, 5.41) is 3.56. The van der Waals surface area contributed by atoms with Crippen LogP contribution in [-0.4, -0.2) is 44.3 Å². The van der Waals surface area contributed by atoms with Crippen molar-refractivity contribution < 1.29 is 4.74 Å². The highest BCUT2D eigenvalue weighted by Crippen LogP contribution is 2.39. The van der Waals surface area contributed by atoms with Crippen molar-refractivity contribution in [2.45, 2.75) is 51.2 Å². The minimum Gasteiger partial charge on any atom is -0.383 e. The number of rotatable bonds is 6. The molecular weight excluding hydrogens is 260 g/mol. The maximum Gasteiger partial charge on any atom is 0.0589 e. The Morgan fingerprint density at radius 2 is 1.95 bits per heavy atom. The molecule has 0 saturated carbocycles. The van der Waals surface area contributed by atoms with E-state index in [9.17, 15) is 0 Å². The summed E-state index contributed by atoms with van der Waals surface area (Å²) in [5.41, 5.74) is 2.97. The predicted molar refractivity (Wildman–Crippen MR) is 88.8 cm³/mol. The van der Waals surface area contributed by atoms with Gasteiger partial charge in [0.1, 0.15) is 0 Å². The third kappa shape index (κ3) is 3.47. The van der Waals surface area contributed by atoms with Crippen molar-refractivity contribution in [3.63, 3.8) is 0 Å². The first-order valence-electron chi connectivity index (χ1n) is 8.10. The second-order valence-electron chi connectivity index (χ2n) is 6.42. The van der Waals surface area contributed by atoms with Crippen molar-refractivity contribution >= 4 is 0 Å². The summed E-state index contributed by atoms with van der Waals surface area (Å²) in [6, 6.07) is 10.3. The van der Waals surface area contributed by atoms with Crippen molar-refractivity contribution in [3.05, 3.63) is 35.4 Å². The number of nitrogens with one attached hydrogen (secondary N) is 1. The zero-order valence-electron chi connectivity index (χ0n) is 14.1. The van der Waals surface area contributed by atoms with Gasteiger partial charge in [0.2, 0.25) is 0 Å². The Morgan fingerprint density at radius 3 is 2.52 bits per heavy atom. The van der Waals surface area contributed by atoms with Gasteiger partial charge in [-0.1, -0.05) is 31.2 Å². The lowest BCUT2D eigenvalue weighted by molar-refractivity contribution is 0.0673. The zero-order chi connectivity index (χ0) is 15.4. The van der Waals surface area contributed by atoms with Crippen molar-refractivity contribution in [3.8, 4) is 0 Å². The van der Waals surface area contributed by atoms with Crippen LogP contribution < -0.4 is 5.32 Å². The van der Waals surface area contributed by atoms with Crippen molar-refractivity contribution in [1.29, 1.82) is 0 Å². The Hall–Kier alpha value is -0.900. The summed E-state index contributed by atoms with van der Waals surface area (Å²) in [6.45, 7) is 8.71. The molecular formula is C18H30N2O. The molecule has 1 aliphatic rings. The van der Waals surface area contributed by atoms with E-state index in [1.54, 1.807) is 7.11 Å². The molecule has 3 atom stereocenters. The molecule has 0 heterocycles. The lowest BCUT2D eigenvalue weighted by atomic mass is 9.77. The normalized spacial score (nSPS) is 25.4. The summed E-state index contributed by atoms with van der Waals surface area (Å²) in [4.78, 5) is 2.59. The second-order valence-corrected chi connectivity index (χ2v) is 6.42. The van der Waals surface area contributed by atoms with E-state index in [4.69, 9.17) is 4.74 Å². The highest BCUT2D eigenvalue weighted by atomic mass is 16.5. The van der Waals surface area contributed by atoms with Gasteiger partial charge in [-0.05, 0) is 44.4 Å². The van der Waals surface area contributed by atoms with Crippen LogP contribution in [0, 0.1) is 0 Å². The molecule has 0 aliphatic heterocycles. The largest absolute Gasteiger partial charge is 0.383 e. The minimum absolute atomic E-state index is 0.400. The topological polar surface area (TPSA) is 24.5 Å². The first-order valence-corrected chi connectivity index (χ1v) is 8.10. The predicted octanol–water partition coefficient (Wildman–Crippen LogP) is 3.18. The molecule has 2 rings (SSSR count). The van der Waals surface area contributed by atoms with Gasteiger partial charge >= 0.3 is 0 Å². The summed E-state index contributed by atoms with van der Waals surface area (Å²) < 4.78 is 5.32. The standard InChI is InChI=1S/C18H30N2O/c1-13(2)20(10-11-21-5)17-12-14(3)15-8-6-7-9-16(15)18(17)19-4/h6-9,13-14,17-19H,10-12H2,1-5H3. The molecule has 0 bridgehead atoms. The molecule has 0 saturated heterocycles. The fourth-order valence-corrected chi connectivity index (χ4v) is 3.75. The van der Waals surface area contributed by atoms with Crippen LogP contribution in [-0.2, 0) is 4.74 Å². The van der Waals surface area contributed by atoms with E-state index in [0.717, 1.165) is 13.2 Å². The number of likely N-dealkylation sites (N-methyl/N-ethyl adjacent to an activating group) is 1. The maximum atomic E-state index is 5.32. The number of hydrogen-bond acceptors (Lipinski definition) is 3. The van der Waals surface area contributed by atoms with Crippen LogP contribution in [0.1, 0.15) is 50.3 Å². The van der Waals surface area contributed by atoms with Gasteiger partial charge in [-0.15, -0.1) is 0 Å². The van der Waals surface area contributed by atoms with Gasteiger partial charge in [0.25, 0.3) is 0 Å². The molecule has 0 aromatic heterocycles. The van der Waals surface area contributed by atoms with E-state index in [2.05, 4.69) is 62.3 Å². The zero-order valence-corrected chi connectivity index (χ0v) is 14.1. The van der Waals surface area contributed by atoms with Crippen LogP contribution in [0.4, 0.5) is 0 Å². The van der Waals surface area contributed by atoms with E-state index >= 15 is 0 Å². The molecule has 0 spiro atoms. The first kappa shape index (κ1) is 16.5. The Balaban J connectivity index is 2.31. The van der Waals surface area contributed by atoms with Crippen molar-refractivity contribution in [2.24, 2.45) is 0 Å². The molecule has 3 nitrogen and oxygen atoms in total. The van der Waals surface area contributed by atoms with Crippen molar-refractivity contribution in [1.82, 2.24) is 10.2 Å². The van der Waals surface area contributed by atoms with E-state index < -0.39 is 0 Å². The number of benzene rings is 1. The van der Waals surface area contributed by atoms with Crippen LogP contribution in [0.5, 0.6) is 0 Å². The molecule has 1 aromatic carbocycles. The molecule has 0 amide bonds. The molecule has 21 heavy (non-hydrogen) atoms. The van der Waals surface area contributed by atoms with Gasteiger partial charge < -0.3 is 10.1 Å². The molecule has 0 fully saturated rings. The molecule has 1 N–H and O–H groups in total. The number of nitrogens with zero attached hydrogens (tertiary/aromatic N) is 1. The van der Waals surface area contributed by atoms with Gasteiger partial charge in [-0.3, -0.25) is 4.90 Å². The first-order chi connectivity index (χ1) is 10.1. The van der Waals surface area contributed by atoms with Crippen LogP contribution in [0.15, 0.2) is 24.3 Å². The van der Waals surface area contributed by atoms with Gasteiger partial charge in [-0.25, -0.2) is 0 Å². The van der Waals surface area contributed by atoms with Crippen LogP contribution in [0.25, 0.3) is 0 Å². The van der Waals surface area contributed by atoms with Gasteiger partial charge in [0, 0.05) is 31.8 Å². The fraction of sp³-hybridized carbons (Fsp3) is 0.667. The average molecular weight is 290 g/mol. The van der Waals surface area contributed by atoms with Gasteiger partial charge in [-0.2, -0.15) is 0 Å². The maximum absolute atomic E-state index is 5.32. The quantitative estimate of drug-likeness (QED) is 0.871. The molecule has 1 aromatic rings. The smallest absolute Gasteiger partial charge is 0.0589 e. The van der Waals surface area contributed by atoms with E-state index in [0.29, 0.717) is 24.0 Å². The van der Waals surface area contributed by atoms with E-state index in [1.807, 2.05) is 0 Å². The molecule has 0 radical (unpaired) electrons. The Morgan fingerprint density at radius 1 is 1.29 bits per heavy atom. The third-order valence-electron chi connectivity index (χ3n) is 4.80. The number of ether oxygens (including phenoxy) is 1. The fourth-order valence-electron chi connectivity index (χ4n) is 3.75. The van der Waals surface area contributed by atoms with Gasteiger partial charge in [0.15, 0.2) is 0 Å². The Bertz CT molecular complexity index is 447. The van der Waals surface area contributed by atoms with Crippen LogP contribution in [0.2, 0.25) is 0 Å². The van der Waals surface area contributed by atoms with Crippen molar-refractivity contribution in [2.75, 3.05) is 27.3 Å². The molecule has 118 valence electrons.